The Balaban J connectivity index is 1.69. The Kier molecular flexibility index (Phi) is 7.95. The Bertz CT molecular complexity index is 1190. The molecule has 1 amide bonds. The summed E-state index contributed by atoms with van der Waals surface area (Å²) in [6.45, 7) is 3.39. The number of benzene rings is 1. The number of hydrogen-bond acceptors (Lipinski definition) is 7. The summed E-state index contributed by atoms with van der Waals surface area (Å²) in [5.74, 6) is -0.408. The van der Waals surface area contributed by atoms with Gasteiger partial charge in [0.25, 0.3) is 5.91 Å². The molecule has 194 valence electrons. The normalized spacial score (nSPS) is 18.8. The zero-order valence-corrected chi connectivity index (χ0v) is 20.8. The molecular formula is C26H32N2O8. The van der Waals surface area contributed by atoms with Gasteiger partial charge in [-0.2, -0.15) is 0 Å². The Morgan fingerprint density at radius 2 is 1.97 bits per heavy atom. The highest BCUT2D eigenvalue weighted by molar-refractivity contribution is 5.94. The summed E-state index contributed by atoms with van der Waals surface area (Å²) >= 11 is 0. The van der Waals surface area contributed by atoms with Gasteiger partial charge in [0.2, 0.25) is 0 Å². The molecule has 0 spiro atoms. The maximum Gasteiger partial charge on any atom is 0.334 e. The Morgan fingerprint density at radius 1 is 1.17 bits per heavy atom. The molecule has 0 aliphatic carbocycles. The third-order valence-corrected chi connectivity index (χ3v) is 6.68. The number of carbonyl (C=O) groups excluding carboxylic acids is 1. The van der Waals surface area contributed by atoms with Crippen LogP contribution >= 0.6 is 0 Å². The van der Waals surface area contributed by atoms with Crippen LogP contribution in [0.4, 0.5) is 0 Å². The number of carboxylic acids is 1. The highest BCUT2D eigenvalue weighted by Crippen LogP contribution is 2.41. The summed E-state index contributed by atoms with van der Waals surface area (Å²) in [5.41, 5.74) is 2.22. The van der Waals surface area contributed by atoms with Crippen molar-refractivity contribution in [3.8, 4) is 22.8 Å². The molecule has 2 aliphatic heterocycles. The van der Waals surface area contributed by atoms with Crippen LogP contribution in [0.3, 0.4) is 0 Å². The molecule has 2 aromatic rings. The second kappa shape index (κ2) is 11.1. The van der Waals surface area contributed by atoms with E-state index in [0.717, 1.165) is 24.0 Å². The second-order valence-electron chi connectivity index (χ2n) is 8.91. The molecule has 1 aromatic carbocycles. The first-order chi connectivity index (χ1) is 17.4. The molecule has 4 rings (SSSR count). The van der Waals surface area contributed by atoms with Gasteiger partial charge in [-0.1, -0.05) is 6.92 Å². The lowest BCUT2D eigenvalue weighted by molar-refractivity contribution is -0.154. The predicted octanol–water partition coefficient (Wildman–Crippen LogP) is 2.37. The van der Waals surface area contributed by atoms with E-state index in [1.54, 1.807) is 20.4 Å². The smallest absolute Gasteiger partial charge is 0.334 e. The van der Waals surface area contributed by atoms with Crippen molar-refractivity contribution in [1.29, 1.82) is 0 Å². The average molecular weight is 501 g/mol. The van der Waals surface area contributed by atoms with Crippen LogP contribution in [0.5, 0.6) is 11.5 Å². The van der Waals surface area contributed by atoms with Gasteiger partial charge in [0.1, 0.15) is 5.56 Å². The third kappa shape index (κ3) is 5.10. The molecule has 1 N–H and O–H groups in total. The topological polar surface area (TPSA) is 117 Å². The Labute approximate surface area is 209 Å². The summed E-state index contributed by atoms with van der Waals surface area (Å²) in [6.07, 6.45) is 2.75. The van der Waals surface area contributed by atoms with E-state index < -0.39 is 23.4 Å². The average Bonchev–Trinajstić information content (AvgIpc) is 2.89. The maximum atomic E-state index is 13.2. The number of methoxy groups -OCH3 is 2. The SMILES string of the molecule is CCC1Cc2cc(OCCCOC)c(OC)cc2-c2cc(=O)c(C(=O)N3CCOC(C(=O)O)C3)cn21. The molecule has 36 heavy (non-hydrogen) atoms. The van der Waals surface area contributed by atoms with E-state index in [2.05, 4.69) is 6.92 Å². The van der Waals surface area contributed by atoms with E-state index in [1.165, 1.54) is 11.0 Å². The van der Waals surface area contributed by atoms with Crippen molar-refractivity contribution < 1.29 is 33.6 Å². The molecule has 10 nitrogen and oxygen atoms in total. The van der Waals surface area contributed by atoms with Crippen LogP contribution in [0.15, 0.2) is 29.2 Å². The predicted molar refractivity (Wildman–Crippen MR) is 131 cm³/mol. The molecule has 1 fully saturated rings. The minimum Gasteiger partial charge on any atom is -0.493 e. The van der Waals surface area contributed by atoms with Crippen molar-refractivity contribution >= 4 is 11.9 Å². The number of rotatable bonds is 9. The zero-order valence-electron chi connectivity index (χ0n) is 20.8. The van der Waals surface area contributed by atoms with Crippen LogP contribution < -0.4 is 14.9 Å². The zero-order chi connectivity index (χ0) is 25.8. The Morgan fingerprint density at radius 3 is 2.67 bits per heavy atom. The van der Waals surface area contributed by atoms with Gasteiger partial charge in [-0.25, -0.2) is 4.79 Å². The number of nitrogens with zero attached hydrogens (tertiary/aromatic N) is 2. The molecule has 0 bridgehead atoms. The molecule has 2 atom stereocenters. The van der Waals surface area contributed by atoms with Gasteiger partial charge >= 0.3 is 5.97 Å². The summed E-state index contributed by atoms with van der Waals surface area (Å²) in [4.78, 5) is 39.1. The van der Waals surface area contributed by atoms with Gasteiger partial charge in [0.15, 0.2) is 23.0 Å². The lowest BCUT2D eigenvalue weighted by Gasteiger charge is -2.33. The van der Waals surface area contributed by atoms with Crippen molar-refractivity contribution in [2.24, 2.45) is 0 Å². The first kappa shape index (κ1) is 25.7. The fourth-order valence-corrected chi connectivity index (χ4v) is 4.74. The Hall–Kier alpha value is -3.37. The summed E-state index contributed by atoms with van der Waals surface area (Å²) in [7, 11) is 3.22. The van der Waals surface area contributed by atoms with Crippen LogP contribution in [0.2, 0.25) is 0 Å². The molecule has 2 unspecified atom stereocenters. The molecule has 10 heteroatoms. The lowest BCUT2D eigenvalue weighted by atomic mass is 9.90. The molecule has 1 aromatic heterocycles. The number of pyridine rings is 1. The van der Waals surface area contributed by atoms with E-state index >= 15 is 0 Å². The molecule has 2 aliphatic rings. The van der Waals surface area contributed by atoms with Crippen LogP contribution in [0.25, 0.3) is 11.3 Å². The minimum atomic E-state index is -1.13. The lowest BCUT2D eigenvalue weighted by Crippen LogP contribution is -2.49. The fraction of sp³-hybridized carbons (Fsp3) is 0.500. The van der Waals surface area contributed by atoms with Crippen LogP contribution in [-0.4, -0.2) is 79.7 Å². The third-order valence-electron chi connectivity index (χ3n) is 6.68. The monoisotopic (exact) mass is 500 g/mol. The number of ether oxygens (including phenoxy) is 4. The minimum absolute atomic E-state index is 0.0248. The number of amides is 1. The van der Waals surface area contributed by atoms with Gasteiger partial charge in [-0.15, -0.1) is 0 Å². The van der Waals surface area contributed by atoms with E-state index in [1.807, 2.05) is 16.7 Å². The van der Waals surface area contributed by atoms with E-state index in [9.17, 15) is 19.5 Å². The highest BCUT2D eigenvalue weighted by atomic mass is 16.5. The van der Waals surface area contributed by atoms with Crippen molar-refractivity contribution in [3.63, 3.8) is 0 Å². The first-order valence-corrected chi connectivity index (χ1v) is 12.1. The van der Waals surface area contributed by atoms with E-state index in [-0.39, 0.29) is 31.3 Å². The van der Waals surface area contributed by atoms with E-state index in [4.69, 9.17) is 18.9 Å². The number of morpholine rings is 1. The van der Waals surface area contributed by atoms with Gasteiger partial charge in [0.05, 0.1) is 32.6 Å². The van der Waals surface area contributed by atoms with Gasteiger partial charge in [0, 0.05) is 50.6 Å². The molecule has 3 heterocycles. The number of carbonyl (C=O) groups is 2. The number of aliphatic carboxylic acids is 1. The number of carboxylic acid groups (broad SMARTS) is 1. The molecule has 0 radical (unpaired) electrons. The largest absolute Gasteiger partial charge is 0.493 e. The van der Waals surface area contributed by atoms with Crippen molar-refractivity contribution in [2.75, 3.05) is 47.1 Å². The molecule has 1 saturated heterocycles. The number of hydrogen-bond donors (Lipinski definition) is 1. The maximum absolute atomic E-state index is 13.2. The van der Waals surface area contributed by atoms with Crippen LogP contribution in [-0.2, 0) is 20.7 Å². The van der Waals surface area contributed by atoms with E-state index in [0.29, 0.717) is 36.8 Å². The highest BCUT2D eigenvalue weighted by Gasteiger charge is 2.32. The van der Waals surface area contributed by atoms with Crippen LogP contribution in [0, 0.1) is 0 Å². The van der Waals surface area contributed by atoms with Crippen molar-refractivity contribution in [3.05, 3.63) is 45.7 Å². The van der Waals surface area contributed by atoms with Gasteiger partial charge in [-0.3, -0.25) is 9.59 Å². The fourth-order valence-electron chi connectivity index (χ4n) is 4.74. The van der Waals surface area contributed by atoms with Gasteiger partial charge < -0.3 is 33.5 Å². The van der Waals surface area contributed by atoms with Gasteiger partial charge in [-0.05, 0) is 30.5 Å². The van der Waals surface area contributed by atoms with Crippen LogP contribution in [0.1, 0.15) is 41.7 Å². The molecule has 0 saturated carbocycles. The summed E-state index contributed by atoms with van der Waals surface area (Å²) in [6, 6.07) is 5.36. The van der Waals surface area contributed by atoms with Crippen molar-refractivity contribution in [2.45, 2.75) is 38.3 Å². The summed E-state index contributed by atoms with van der Waals surface area (Å²) < 4.78 is 23.8. The molecular weight excluding hydrogens is 468 g/mol. The number of aromatic nitrogens is 1. The summed E-state index contributed by atoms with van der Waals surface area (Å²) in [5, 5.41) is 9.26. The van der Waals surface area contributed by atoms with Crippen molar-refractivity contribution in [1.82, 2.24) is 9.47 Å². The standard InChI is InChI=1S/C26H32N2O8/c1-4-17-10-16-11-23(35-8-5-7-33-2)22(34-3)12-18(16)20-13-21(29)19(14-28(17)20)25(30)27-6-9-36-24(15-27)26(31)32/h11-14,17,24H,4-10,15H2,1-3H3,(H,31,32). The second-order valence-corrected chi connectivity index (χ2v) is 8.91. The number of fused-ring (bicyclic) bond motifs is 3. The quantitative estimate of drug-likeness (QED) is 0.522. The first-order valence-electron chi connectivity index (χ1n) is 12.1.